The molecule has 1 N–H and O–H groups in total. The van der Waals surface area contributed by atoms with E-state index >= 15 is 0 Å². The Balaban J connectivity index is 1.80. The van der Waals surface area contributed by atoms with Gasteiger partial charge in [0.1, 0.15) is 11.6 Å². The first-order valence-electron chi connectivity index (χ1n) is 9.92. The number of benzene rings is 1. The van der Waals surface area contributed by atoms with Crippen molar-refractivity contribution < 1.29 is 9.53 Å². The number of aromatic nitrogens is 4. The van der Waals surface area contributed by atoms with Gasteiger partial charge in [0.15, 0.2) is 0 Å². The molecule has 0 fully saturated rings. The van der Waals surface area contributed by atoms with E-state index in [9.17, 15) is 4.79 Å². The average Bonchev–Trinajstić information content (AvgIpc) is 2.87. The minimum atomic E-state index is -0.0611. The zero-order valence-electron chi connectivity index (χ0n) is 17.8. The smallest absolute Gasteiger partial charge is 0.252 e. The number of nitrogens with one attached hydrogen (secondary N) is 1. The first-order valence-corrected chi connectivity index (χ1v) is 11.0. The molecule has 1 amide bonds. The van der Waals surface area contributed by atoms with Crippen LogP contribution in [-0.4, -0.2) is 37.5 Å². The fourth-order valence-electron chi connectivity index (χ4n) is 3.59. The maximum Gasteiger partial charge on any atom is 0.252 e. The summed E-state index contributed by atoms with van der Waals surface area (Å²) < 4.78 is 7.42. The van der Waals surface area contributed by atoms with Gasteiger partial charge in [0.25, 0.3) is 5.95 Å². The summed E-state index contributed by atoms with van der Waals surface area (Å²) in [5, 5.41) is 7.68. The normalized spacial score (nSPS) is 16.2. The van der Waals surface area contributed by atoms with Crippen molar-refractivity contribution >= 4 is 23.5 Å². The largest absolute Gasteiger partial charge is 0.491 e. The second-order valence-electron chi connectivity index (χ2n) is 7.69. The quantitative estimate of drug-likeness (QED) is 0.679. The summed E-state index contributed by atoms with van der Waals surface area (Å²) in [7, 11) is 0. The van der Waals surface area contributed by atoms with Gasteiger partial charge in [0, 0.05) is 17.0 Å². The van der Waals surface area contributed by atoms with E-state index in [1.807, 2.05) is 52.8 Å². The average molecular weight is 424 g/mol. The molecular weight excluding hydrogens is 398 g/mol. The maximum absolute atomic E-state index is 12.5. The van der Waals surface area contributed by atoms with Crippen molar-refractivity contribution in [3.63, 3.8) is 0 Å². The third-order valence-electron chi connectivity index (χ3n) is 4.72. The van der Waals surface area contributed by atoms with Crippen molar-refractivity contribution in [1.29, 1.82) is 0 Å². The number of hydrogen-bond acceptors (Lipinski definition) is 6. The molecule has 2 aromatic heterocycles. The lowest BCUT2D eigenvalue weighted by atomic mass is 10.0. The standard InChI is InChI=1S/C22H25N5O2S/c1-12(2)29-17-8-6-16(7-9-17)20-19-15(5)26-27(21(19)25-18(28)11-30-20)22-23-13(3)10-14(4)24-22/h6-10,12,20H,11H2,1-5H3,(H,25,28)/t20-/m0/s1. The molecule has 0 aliphatic carbocycles. The minimum absolute atomic E-state index is 0.0355. The van der Waals surface area contributed by atoms with Gasteiger partial charge >= 0.3 is 0 Å². The van der Waals surface area contributed by atoms with E-state index in [2.05, 4.69) is 27.4 Å². The highest BCUT2D eigenvalue weighted by Crippen LogP contribution is 2.43. The lowest BCUT2D eigenvalue weighted by Crippen LogP contribution is -2.17. The van der Waals surface area contributed by atoms with Crippen LogP contribution >= 0.6 is 11.8 Å². The molecule has 30 heavy (non-hydrogen) atoms. The predicted octanol–water partition coefficient (Wildman–Crippen LogP) is 4.15. The Morgan fingerprint density at radius 2 is 1.80 bits per heavy atom. The SMILES string of the molecule is Cc1cc(C)nc(-n2nc(C)c3c2NC(=O)CS[C@H]3c2ccc(OC(C)C)cc2)n1. The van der Waals surface area contributed by atoms with Crippen LogP contribution in [0.4, 0.5) is 5.82 Å². The summed E-state index contributed by atoms with van der Waals surface area (Å²) in [6, 6.07) is 9.97. The van der Waals surface area contributed by atoms with Crippen molar-refractivity contribution in [3.8, 4) is 11.7 Å². The molecule has 8 heteroatoms. The number of thioether (sulfide) groups is 1. The molecule has 3 aromatic rings. The lowest BCUT2D eigenvalue weighted by molar-refractivity contribution is -0.113. The van der Waals surface area contributed by atoms with E-state index in [-0.39, 0.29) is 17.3 Å². The van der Waals surface area contributed by atoms with Crippen LogP contribution in [0.15, 0.2) is 30.3 Å². The Kier molecular flexibility index (Phi) is 5.51. The van der Waals surface area contributed by atoms with Gasteiger partial charge in [-0.15, -0.1) is 11.8 Å². The van der Waals surface area contributed by atoms with E-state index in [1.54, 1.807) is 16.4 Å². The summed E-state index contributed by atoms with van der Waals surface area (Å²) >= 11 is 1.59. The highest BCUT2D eigenvalue weighted by Gasteiger charge is 2.31. The van der Waals surface area contributed by atoms with Crippen molar-refractivity contribution in [2.45, 2.75) is 46.0 Å². The summed E-state index contributed by atoms with van der Waals surface area (Å²) in [5.74, 6) is 2.23. The van der Waals surface area contributed by atoms with Crippen LogP contribution in [-0.2, 0) is 4.79 Å². The zero-order valence-corrected chi connectivity index (χ0v) is 18.6. The topological polar surface area (TPSA) is 81.9 Å². The Morgan fingerprint density at radius 3 is 2.43 bits per heavy atom. The first-order chi connectivity index (χ1) is 14.3. The van der Waals surface area contributed by atoms with Gasteiger partial charge in [-0.05, 0) is 58.4 Å². The van der Waals surface area contributed by atoms with Gasteiger partial charge in [-0.1, -0.05) is 12.1 Å². The molecule has 7 nitrogen and oxygen atoms in total. The lowest BCUT2D eigenvalue weighted by Gasteiger charge is -2.16. The van der Waals surface area contributed by atoms with Gasteiger partial charge in [-0.3, -0.25) is 4.79 Å². The molecule has 1 aromatic carbocycles. The number of nitrogens with zero attached hydrogens (tertiary/aromatic N) is 4. The number of ether oxygens (including phenoxy) is 1. The van der Waals surface area contributed by atoms with Crippen LogP contribution in [0.25, 0.3) is 5.95 Å². The molecule has 1 aliphatic rings. The van der Waals surface area contributed by atoms with Crippen LogP contribution in [0.1, 0.15) is 47.3 Å². The highest BCUT2D eigenvalue weighted by atomic mass is 32.2. The van der Waals surface area contributed by atoms with E-state index in [1.165, 1.54) is 0 Å². The Bertz CT molecular complexity index is 1070. The van der Waals surface area contributed by atoms with Gasteiger partial charge in [-0.25, -0.2) is 9.97 Å². The third-order valence-corrected chi connectivity index (χ3v) is 5.99. The van der Waals surface area contributed by atoms with E-state index in [4.69, 9.17) is 9.84 Å². The Hall–Kier alpha value is -2.87. The minimum Gasteiger partial charge on any atom is -0.491 e. The summed E-state index contributed by atoms with van der Waals surface area (Å²) in [4.78, 5) is 21.6. The molecule has 0 spiro atoms. The molecule has 0 saturated heterocycles. The Morgan fingerprint density at radius 1 is 1.13 bits per heavy atom. The zero-order chi connectivity index (χ0) is 21.4. The van der Waals surface area contributed by atoms with Crippen LogP contribution in [0, 0.1) is 20.8 Å². The molecule has 0 saturated carbocycles. The molecule has 1 aliphatic heterocycles. The van der Waals surface area contributed by atoms with Gasteiger partial charge in [-0.2, -0.15) is 9.78 Å². The number of carbonyl (C=O) groups is 1. The van der Waals surface area contributed by atoms with E-state index in [0.29, 0.717) is 17.5 Å². The van der Waals surface area contributed by atoms with E-state index in [0.717, 1.165) is 34.0 Å². The van der Waals surface area contributed by atoms with Crippen LogP contribution in [0.5, 0.6) is 5.75 Å². The molecule has 0 unspecified atom stereocenters. The summed E-state index contributed by atoms with van der Waals surface area (Å²) in [5.41, 5.74) is 4.62. The number of aryl methyl sites for hydroxylation is 3. The van der Waals surface area contributed by atoms with Gasteiger partial charge < -0.3 is 10.1 Å². The predicted molar refractivity (Wildman–Crippen MR) is 119 cm³/mol. The number of carbonyl (C=O) groups excluding carboxylic acids is 1. The number of fused-ring (bicyclic) bond motifs is 1. The number of hydrogen-bond donors (Lipinski definition) is 1. The molecule has 0 bridgehead atoms. The molecule has 4 rings (SSSR count). The van der Waals surface area contributed by atoms with Gasteiger partial charge in [0.2, 0.25) is 5.91 Å². The van der Waals surface area contributed by atoms with Gasteiger partial charge in [0.05, 0.1) is 22.8 Å². The first kappa shape index (κ1) is 20.4. The van der Waals surface area contributed by atoms with Crippen molar-refractivity contribution in [2.75, 3.05) is 11.1 Å². The molecular formula is C22H25N5O2S. The highest BCUT2D eigenvalue weighted by molar-refractivity contribution is 8.00. The van der Waals surface area contributed by atoms with Crippen LogP contribution in [0.2, 0.25) is 0 Å². The summed E-state index contributed by atoms with van der Waals surface area (Å²) in [6.07, 6.45) is 0.120. The second kappa shape index (κ2) is 8.10. The summed E-state index contributed by atoms with van der Waals surface area (Å²) in [6.45, 7) is 9.81. The maximum atomic E-state index is 12.5. The number of rotatable bonds is 4. The van der Waals surface area contributed by atoms with Crippen molar-refractivity contribution in [2.24, 2.45) is 0 Å². The Labute approximate surface area is 180 Å². The third kappa shape index (κ3) is 4.05. The van der Waals surface area contributed by atoms with Crippen LogP contribution < -0.4 is 10.1 Å². The fraction of sp³-hybridized carbons (Fsp3) is 0.364. The molecule has 156 valence electrons. The van der Waals surface area contributed by atoms with E-state index < -0.39 is 0 Å². The van der Waals surface area contributed by atoms with Crippen molar-refractivity contribution in [1.82, 2.24) is 19.7 Å². The number of amides is 1. The number of anilines is 1. The molecule has 3 heterocycles. The van der Waals surface area contributed by atoms with Crippen LogP contribution in [0.3, 0.4) is 0 Å². The molecule has 0 radical (unpaired) electrons. The monoisotopic (exact) mass is 423 g/mol. The van der Waals surface area contributed by atoms with Crippen molar-refractivity contribution in [3.05, 3.63) is 58.5 Å². The molecule has 1 atom stereocenters. The second-order valence-corrected chi connectivity index (χ2v) is 8.78. The fourth-order valence-corrected chi connectivity index (χ4v) is 4.78.